The molecular formula is C51H92O6. The van der Waals surface area contributed by atoms with Gasteiger partial charge in [-0.25, -0.2) is 0 Å². The Bertz CT molecular complexity index is 969. The summed E-state index contributed by atoms with van der Waals surface area (Å²) in [5.41, 5.74) is 0. The Morgan fingerprint density at radius 2 is 0.632 bits per heavy atom. The van der Waals surface area contributed by atoms with Crippen molar-refractivity contribution in [1.29, 1.82) is 0 Å². The van der Waals surface area contributed by atoms with E-state index in [1.165, 1.54) is 141 Å². The molecule has 0 aromatic rings. The average Bonchev–Trinajstić information content (AvgIpc) is 3.21. The molecule has 0 aromatic carbocycles. The zero-order chi connectivity index (χ0) is 41.5. The number of carbonyl (C=O) groups excluding carboxylic acids is 3. The lowest BCUT2D eigenvalue weighted by molar-refractivity contribution is -0.167. The molecule has 6 heteroatoms. The molecule has 332 valence electrons. The molecule has 0 aliphatic heterocycles. The predicted octanol–water partition coefficient (Wildman–Crippen LogP) is 15.8. The molecule has 0 saturated heterocycles. The fourth-order valence-corrected chi connectivity index (χ4v) is 6.92. The first kappa shape index (κ1) is 54.6. The van der Waals surface area contributed by atoms with Gasteiger partial charge < -0.3 is 14.2 Å². The predicted molar refractivity (Wildman–Crippen MR) is 242 cm³/mol. The van der Waals surface area contributed by atoms with Crippen LogP contribution in [0.25, 0.3) is 0 Å². The van der Waals surface area contributed by atoms with Crippen LogP contribution in [0.4, 0.5) is 0 Å². The first-order chi connectivity index (χ1) is 28.0. The second-order valence-electron chi connectivity index (χ2n) is 16.4. The SMILES string of the molecule is CCCCC/C=C\C/C=C\C/C=C\CCCCC(=O)OC[C@@H](COC(=O)CCCCCCCCCCCCCC)OC(=O)CCCCCCCCCCCCCC. The van der Waals surface area contributed by atoms with Crippen molar-refractivity contribution in [1.82, 2.24) is 0 Å². The van der Waals surface area contributed by atoms with Gasteiger partial charge in [-0.1, -0.05) is 211 Å². The number of hydrogen-bond acceptors (Lipinski definition) is 6. The first-order valence-corrected chi connectivity index (χ1v) is 24.5. The number of esters is 3. The lowest BCUT2D eigenvalue weighted by atomic mass is 10.0. The maximum absolute atomic E-state index is 12.7. The van der Waals surface area contributed by atoms with Crippen molar-refractivity contribution in [2.75, 3.05) is 13.2 Å². The second kappa shape index (κ2) is 46.3. The number of allylic oxidation sites excluding steroid dienone is 6. The van der Waals surface area contributed by atoms with E-state index in [1.54, 1.807) is 0 Å². The topological polar surface area (TPSA) is 78.9 Å². The van der Waals surface area contributed by atoms with Gasteiger partial charge in [-0.05, 0) is 57.8 Å². The minimum Gasteiger partial charge on any atom is -0.462 e. The Morgan fingerprint density at radius 1 is 0.351 bits per heavy atom. The molecule has 0 rings (SSSR count). The van der Waals surface area contributed by atoms with E-state index in [0.29, 0.717) is 19.3 Å². The number of carbonyl (C=O) groups is 3. The third-order valence-corrected chi connectivity index (χ3v) is 10.6. The molecule has 6 nitrogen and oxygen atoms in total. The van der Waals surface area contributed by atoms with Gasteiger partial charge in [-0.3, -0.25) is 14.4 Å². The third kappa shape index (κ3) is 44.6. The lowest BCUT2D eigenvalue weighted by Gasteiger charge is -2.18. The van der Waals surface area contributed by atoms with Crippen LogP contribution in [0.15, 0.2) is 36.5 Å². The highest BCUT2D eigenvalue weighted by molar-refractivity contribution is 5.71. The monoisotopic (exact) mass is 801 g/mol. The van der Waals surface area contributed by atoms with Crippen LogP contribution in [-0.2, 0) is 28.6 Å². The number of ether oxygens (including phenoxy) is 3. The van der Waals surface area contributed by atoms with Crippen LogP contribution in [0.1, 0.15) is 252 Å². The largest absolute Gasteiger partial charge is 0.462 e. The molecule has 0 N–H and O–H groups in total. The lowest BCUT2D eigenvalue weighted by Crippen LogP contribution is -2.30. The molecule has 0 bridgehead atoms. The summed E-state index contributed by atoms with van der Waals surface area (Å²) in [7, 11) is 0. The Kier molecular flexibility index (Phi) is 44.4. The minimum absolute atomic E-state index is 0.0803. The van der Waals surface area contributed by atoms with Gasteiger partial charge in [0.2, 0.25) is 0 Å². The van der Waals surface area contributed by atoms with Crippen LogP contribution in [0, 0.1) is 0 Å². The van der Waals surface area contributed by atoms with E-state index in [2.05, 4.69) is 57.2 Å². The van der Waals surface area contributed by atoms with Gasteiger partial charge in [-0.15, -0.1) is 0 Å². The summed E-state index contributed by atoms with van der Waals surface area (Å²) in [5, 5.41) is 0. The second-order valence-corrected chi connectivity index (χ2v) is 16.4. The van der Waals surface area contributed by atoms with E-state index in [4.69, 9.17) is 14.2 Å². The highest BCUT2D eigenvalue weighted by atomic mass is 16.6. The van der Waals surface area contributed by atoms with E-state index < -0.39 is 6.10 Å². The quantitative estimate of drug-likeness (QED) is 0.0264. The van der Waals surface area contributed by atoms with Gasteiger partial charge in [0.15, 0.2) is 6.10 Å². The summed E-state index contributed by atoms with van der Waals surface area (Å²) >= 11 is 0. The summed E-state index contributed by atoms with van der Waals surface area (Å²) in [6, 6.07) is 0. The Hall–Kier alpha value is -2.37. The molecule has 0 spiro atoms. The Balaban J connectivity index is 4.41. The molecule has 0 aliphatic carbocycles. The van der Waals surface area contributed by atoms with Crippen LogP contribution in [-0.4, -0.2) is 37.2 Å². The standard InChI is InChI=1S/C51H92O6/c1-4-7-10-13-16-19-22-25-26-27-30-32-35-38-41-44-50(53)56-47-48(57-51(54)45-42-39-36-33-29-24-21-18-15-12-9-6-3)46-55-49(52)43-40-37-34-31-28-23-20-17-14-11-8-5-2/h16,19,25-26,30,32,48H,4-15,17-18,20-24,27-29,31,33-47H2,1-3H3/b19-16-,26-25-,32-30-/t48-/m1/s1. The first-order valence-electron chi connectivity index (χ1n) is 24.5. The van der Waals surface area contributed by atoms with Crippen molar-refractivity contribution in [2.45, 2.75) is 258 Å². The number of rotatable bonds is 44. The zero-order valence-electron chi connectivity index (χ0n) is 37.9. The van der Waals surface area contributed by atoms with E-state index >= 15 is 0 Å². The van der Waals surface area contributed by atoms with Crippen molar-refractivity contribution >= 4 is 17.9 Å². The van der Waals surface area contributed by atoms with Gasteiger partial charge in [0.1, 0.15) is 13.2 Å². The van der Waals surface area contributed by atoms with Gasteiger partial charge in [0.05, 0.1) is 0 Å². The Morgan fingerprint density at radius 3 is 1.02 bits per heavy atom. The van der Waals surface area contributed by atoms with Gasteiger partial charge in [-0.2, -0.15) is 0 Å². The van der Waals surface area contributed by atoms with E-state index in [0.717, 1.165) is 70.6 Å². The van der Waals surface area contributed by atoms with Crippen molar-refractivity contribution in [3.63, 3.8) is 0 Å². The fourth-order valence-electron chi connectivity index (χ4n) is 6.92. The molecule has 0 fully saturated rings. The molecule has 0 heterocycles. The number of unbranched alkanes of at least 4 members (excludes halogenated alkanes) is 27. The van der Waals surface area contributed by atoms with Gasteiger partial charge in [0, 0.05) is 19.3 Å². The summed E-state index contributed by atoms with van der Waals surface area (Å²) in [4.78, 5) is 37.8. The van der Waals surface area contributed by atoms with Gasteiger partial charge >= 0.3 is 17.9 Å². The normalized spacial score (nSPS) is 12.3. The van der Waals surface area contributed by atoms with Crippen LogP contribution in [0.2, 0.25) is 0 Å². The maximum atomic E-state index is 12.7. The Labute approximate surface area is 353 Å². The third-order valence-electron chi connectivity index (χ3n) is 10.6. The molecular weight excluding hydrogens is 709 g/mol. The molecule has 57 heavy (non-hydrogen) atoms. The highest BCUT2D eigenvalue weighted by Gasteiger charge is 2.19. The molecule has 0 aliphatic rings. The zero-order valence-corrected chi connectivity index (χ0v) is 37.9. The van der Waals surface area contributed by atoms with Crippen LogP contribution in [0.3, 0.4) is 0 Å². The average molecular weight is 801 g/mol. The summed E-state index contributed by atoms with van der Waals surface area (Å²) < 4.78 is 16.7. The van der Waals surface area contributed by atoms with Crippen LogP contribution in [0.5, 0.6) is 0 Å². The smallest absolute Gasteiger partial charge is 0.306 e. The number of hydrogen-bond donors (Lipinski definition) is 0. The molecule has 0 unspecified atom stereocenters. The van der Waals surface area contributed by atoms with E-state index in [9.17, 15) is 14.4 Å². The summed E-state index contributed by atoms with van der Waals surface area (Å²) in [6.07, 6.45) is 52.6. The van der Waals surface area contributed by atoms with Gasteiger partial charge in [0.25, 0.3) is 0 Å². The molecule has 0 aromatic heterocycles. The summed E-state index contributed by atoms with van der Waals surface area (Å²) in [6.45, 7) is 6.58. The molecule has 0 radical (unpaired) electrons. The van der Waals surface area contributed by atoms with Crippen molar-refractivity contribution in [3.8, 4) is 0 Å². The summed E-state index contributed by atoms with van der Waals surface area (Å²) in [5.74, 6) is -0.913. The molecule has 0 amide bonds. The van der Waals surface area contributed by atoms with E-state index in [-0.39, 0.29) is 31.1 Å². The van der Waals surface area contributed by atoms with Crippen LogP contribution >= 0.6 is 0 Å². The molecule has 0 saturated carbocycles. The highest BCUT2D eigenvalue weighted by Crippen LogP contribution is 2.15. The fraction of sp³-hybridized carbons (Fsp3) is 0.824. The van der Waals surface area contributed by atoms with Crippen molar-refractivity contribution in [2.24, 2.45) is 0 Å². The van der Waals surface area contributed by atoms with Crippen molar-refractivity contribution in [3.05, 3.63) is 36.5 Å². The van der Waals surface area contributed by atoms with Crippen LogP contribution < -0.4 is 0 Å². The van der Waals surface area contributed by atoms with E-state index in [1.807, 2.05) is 0 Å². The minimum atomic E-state index is -0.780. The molecule has 1 atom stereocenters. The van der Waals surface area contributed by atoms with Crippen molar-refractivity contribution < 1.29 is 28.6 Å². The maximum Gasteiger partial charge on any atom is 0.306 e.